The largest absolute Gasteiger partial charge is 0.388 e. The molecule has 0 amide bonds. The van der Waals surface area contributed by atoms with E-state index in [4.69, 9.17) is 4.74 Å². The molecule has 3 heteroatoms. The number of allylic oxidation sites excluding steroid dienone is 1. The van der Waals surface area contributed by atoms with Crippen LogP contribution in [0.1, 0.15) is 38.5 Å². The topological polar surface area (TPSA) is 53.2 Å². The summed E-state index contributed by atoms with van der Waals surface area (Å²) in [6, 6.07) is 2.30. The Morgan fingerprint density at radius 1 is 1.44 bits per heavy atom. The first kappa shape index (κ1) is 13.3. The molecule has 0 radical (unpaired) electrons. The van der Waals surface area contributed by atoms with Crippen molar-refractivity contribution in [2.45, 2.75) is 50.2 Å². The van der Waals surface area contributed by atoms with Gasteiger partial charge in [0.2, 0.25) is 0 Å². The Balaban J connectivity index is 2.13. The number of hydrogen-bond acceptors (Lipinski definition) is 3. The molecule has 3 nitrogen and oxygen atoms in total. The van der Waals surface area contributed by atoms with Crippen molar-refractivity contribution in [3.05, 3.63) is 23.8 Å². The van der Waals surface area contributed by atoms with Gasteiger partial charge in [0, 0.05) is 7.11 Å². The van der Waals surface area contributed by atoms with Gasteiger partial charge in [-0.15, -0.1) is 0 Å². The Hall–Kier alpha value is -1.11. The highest BCUT2D eigenvalue weighted by atomic mass is 16.5. The molecule has 2 unspecified atom stereocenters. The van der Waals surface area contributed by atoms with Crippen LogP contribution in [-0.2, 0) is 4.74 Å². The summed E-state index contributed by atoms with van der Waals surface area (Å²) >= 11 is 0. The minimum absolute atomic E-state index is 0.106. The van der Waals surface area contributed by atoms with Gasteiger partial charge >= 0.3 is 0 Å². The van der Waals surface area contributed by atoms with Gasteiger partial charge in [0.15, 0.2) is 0 Å². The first-order valence-electron chi connectivity index (χ1n) is 6.72. The van der Waals surface area contributed by atoms with Gasteiger partial charge in [-0.2, -0.15) is 5.26 Å². The van der Waals surface area contributed by atoms with Gasteiger partial charge in [0.25, 0.3) is 0 Å². The minimum atomic E-state index is -0.830. The molecule has 2 aliphatic carbocycles. The van der Waals surface area contributed by atoms with Crippen molar-refractivity contribution in [2.24, 2.45) is 5.92 Å². The maximum atomic E-state index is 10.7. The molecule has 1 N–H and O–H groups in total. The minimum Gasteiger partial charge on any atom is -0.388 e. The zero-order valence-corrected chi connectivity index (χ0v) is 10.9. The number of nitrogens with zero attached hydrogens (tertiary/aromatic N) is 1. The van der Waals surface area contributed by atoms with Crippen molar-refractivity contribution in [1.29, 1.82) is 5.26 Å². The van der Waals surface area contributed by atoms with Gasteiger partial charge in [-0.1, -0.05) is 37.5 Å². The van der Waals surface area contributed by atoms with Crippen molar-refractivity contribution in [1.82, 2.24) is 0 Å². The van der Waals surface area contributed by atoms with E-state index in [-0.39, 0.29) is 6.10 Å². The van der Waals surface area contributed by atoms with E-state index in [1.54, 1.807) is 7.11 Å². The van der Waals surface area contributed by atoms with E-state index < -0.39 is 11.5 Å². The zero-order chi connectivity index (χ0) is 13.0. The second-order valence-corrected chi connectivity index (χ2v) is 5.30. The average Bonchev–Trinajstić information content (AvgIpc) is 2.41. The summed E-state index contributed by atoms with van der Waals surface area (Å²) in [6.07, 6.45) is 11.5. The zero-order valence-electron chi connectivity index (χ0n) is 10.9. The van der Waals surface area contributed by atoms with Crippen LogP contribution < -0.4 is 0 Å². The fraction of sp³-hybridized carbons (Fsp3) is 0.667. The number of ether oxygens (including phenoxy) is 1. The fourth-order valence-corrected chi connectivity index (χ4v) is 2.96. The SMILES string of the molecule is COC1C=CC(C(C#N)C2(O)CCCCC2)=CC1. The van der Waals surface area contributed by atoms with Crippen molar-refractivity contribution >= 4 is 0 Å². The molecule has 98 valence electrons. The molecule has 2 atom stereocenters. The van der Waals surface area contributed by atoms with Crippen LogP contribution in [-0.4, -0.2) is 23.9 Å². The number of methoxy groups -OCH3 is 1. The van der Waals surface area contributed by atoms with E-state index in [1.165, 1.54) is 6.42 Å². The van der Waals surface area contributed by atoms with Crippen LogP contribution >= 0.6 is 0 Å². The maximum absolute atomic E-state index is 10.7. The summed E-state index contributed by atoms with van der Waals surface area (Å²) in [7, 11) is 1.68. The number of aliphatic hydroxyl groups is 1. The Morgan fingerprint density at radius 2 is 2.17 bits per heavy atom. The van der Waals surface area contributed by atoms with Crippen LogP contribution in [0.5, 0.6) is 0 Å². The number of rotatable bonds is 3. The second-order valence-electron chi connectivity index (χ2n) is 5.30. The molecular weight excluding hydrogens is 226 g/mol. The molecule has 0 bridgehead atoms. The van der Waals surface area contributed by atoms with E-state index >= 15 is 0 Å². The lowest BCUT2D eigenvalue weighted by molar-refractivity contribution is -0.0190. The molecule has 0 heterocycles. The van der Waals surface area contributed by atoms with Gasteiger partial charge in [0.05, 0.1) is 23.7 Å². The lowest BCUT2D eigenvalue weighted by Crippen LogP contribution is -2.40. The molecule has 0 aromatic rings. The second kappa shape index (κ2) is 5.69. The van der Waals surface area contributed by atoms with E-state index in [9.17, 15) is 10.4 Å². The van der Waals surface area contributed by atoms with E-state index in [2.05, 4.69) is 6.07 Å². The molecule has 1 fully saturated rings. The quantitative estimate of drug-likeness (QED) is 0.834. The van der Waals surface area contributed by atoms with Gasteiger partial charge in [-0.25, -0.2) is 0 Å². The van der Waals surface area contributed by atoms with E-state index in [1.807, 2.05) is 18.2 Å². The molecular formula is C15H21NO2. The molecule has 18 heavy (non-hydrogen) atoms. The molecule has 0 aliphatic heterocycles. The highest BCUT2D eigenvalue weighted by Crippen LogP contribution is 2.38. The summed E-state index contributed by atoms with van der Waals surface area (Å²) in [5.74, 6) is -0.396. The normalized spacial score (nSPS) is 28.3. The van der Waals surface area contributed by atoms with Gasteiger partial charge < -0.3 is 9.84 Å². The summed E-state index contributed by atoms with van der Waals surface area (Å²) in [4.78, 5) is 0. The molecule has 2 aliphatic rings. The van der Waals surface area contributed by atoms with Crippen LogP contribution in [0.4, 0.5) is 0 Å². The molecule has 2 rings (SSSR count). The third-order valence-corrected chi connectivity index (χ3v) is 4.11. The van der Waals surface area contributed by atoms with Gasteiger partial charge in [-0.3, -0.25) is 0 Å². The summed E-state index contributed by atoms with van der Waals surface area (Å²) < 4.78 is 5.25. The third kappa shape index (κ3) is 2.66. The van der Waals surface area contributed by atoms with Crippen molar-refractivity contribution in [2.75, 3.05) is 7.11 Å². The standard InChI is InChI=1S/C15H21NO2/c1-18-13-7-5-12(6-8-13)14(11-16)15(17)9-3-2-4-10-15/h5-7,13-14,17H,2-4,8-10H2,1H3. The van der Waals surface area contributed by atoms with Gasteiger partial charge in [-0.05, 0) is 24.8 Å². The molecule has 0 aromatic heterocycles. The fourth-order valence-electron chi connectivity index (χ4n) is 2.96. The number of nitriles is 1. The van der Waals surface area contributed by atoms with Crippen LogP contribution in [0.25, 0.3) is 0 Å². The van der Waals surface area contributed by atoms with Crippen molar-refractivity contribution in [3.8, 4) is 6.07 Å². The highest BCUT2D eigenvalue weighted by molar-refractivity contribution is 5.33. The number of hydrogen-bond donors (Lipinski definition) is 1. The molecule has 0 spiro atoms. The lowest BCUT2D eigenvalue weighted by Gasteiger charge is -2.37. The predicted molar refractivity (Wildman–Crippen MR) is 69.8 cm³/mol. The van der Waals surface area contributed by atoms with Crippen LogP contribution in [0, 0.1) is 17.2 Å². The monoisotopic (exact) mass is 247 g/mol. The van der Waals surface area contributed by atoms with Gasteiger partial charge in [0.1, 0.15) is 0 Å². The summed E-state index contributed by atoms with van der Waals surface area (Å²) in [6.45, 7) is 0. The lowest BCUT2D eigenvalue weighted by atomic mass is 9.72. The van der Waals surface area contributed by atoms with Crippen LogP contribution in [0.2, 0.25) is 0 Å². The predicted octanol–water partition coefficient (Wildman–Crippen LogP) is 2.72. The Morgan fingerprint density at radius 3 is 2.67 bits per heavy atom. The Kier molecular flexibility index (Phi) is 4.21. The Bertz CT molecular complexity index is 386. The Labute approximate surface area is 109 Å². The van der Waals surface area contributed by atoms with Crippen LogP contribution in [0.15, 0.2) is 23.8 Å². The maximum Gasteiger partial charge on any atom is 0.0996 e. The summed E-state index contributed by atoms with van der Waals surface area (Å²) in [5, 5.41) is 20.1. The average molecular weight is 247 g/mol. The molecule has 0 saturated heterocycles. The molecule has 0 aromatic carbocycles. The first-order valence-corrected chi connectivity index (χ1v) is 6.72. The third-order valence-electron chi connectivity index (χ3n) is 4.11. The van der Waals surface area contributed by atoms with E-state index in [0.29, 0.717) is 0 Å². The highest BCUT2D eigenvalue weighted by Gasteiger charge is 2.39. The van der Waals surface area contributed by atoms with Crippen molar-refractivity contribution < 1.29 is 9.84 Å². The van der Waals surface area contributed by atoms with Crippen LogP contribution in [0.3, 0.4) is 0 Å². The smallest absolute Gasteiger partial charge is 0.0996 e. The summed E-state index contributed by atoms with van der Waals surface area (Å²) in [5.41, 5.74) is 0.124. The van der Waals surface area contributed by atoms with E-state index in [0.717, 1.165) is 37.7 Å². The first-order chi connectivity index (χ1) is 8.69. The van der Waals surface area contributed by atoms with Crippen molar-refractivity contribution in [3.63, 3.8) is 0 Å². The molecule has 1 saturated carbocycles.